The maximum Gasteiger partial charge on any atom is 0.316 e. The molecule has 0 radical (unpaired) electrons. The van der Waals surface area contributed by atoms with Gasteiger partial charge in [-0.1, -0.05) is 47.7 Å². The molecule has 0 amide bonds. The van der Waals surface area contributed by atoms with Crippen molar-refractivity contribution in [2.45, 2.75) is 18.7 Å². The summed E-state index contributed by atoms with van der Waals surface area (Å²) in [5.74, 6) is -0.0182. The topological polar surface area (TPSA) is 84.1 Å². The number of thioether (sulfide) groups is 1. The molecule has 8 heteroatoms. The number of benzene rings is 3. The molecule has 0 bridgehead atoms. The summed E-state index contributed by atoms with van der Waals surface area (Å²) >= 11 is 2.74. The van der Waals surface area contributed by atoms with Gasteiger partial charge in [-0.3, -0.25) is 4.79 Å². The quantitative estimate of drug-likeness (QED) is 0.210. The van der Waals surface area contributed by atoms with E-state index in [0.717, 1.165) is 15.6 Å². The number of esters is 1. The molecule has 1 heterocycles. The summed E-state index contributed by atoms with van der Waals surface area (Å²) in [6, 6.07) is 15.3. The molecule has 0 spiro atoms. The average molecular weight is 438 g/mol. The van der Waals surface area contributed by atoms with Crippen molar-refractivity contribution >= 4 is 60.9 Å². The highest BCUT2D eigenvalue weighted by atomic mass is 32.2. The summed E-state index contributed by atoms with van der Waals surface area (Å²) in [5, 5.41) is 21.6. The summed E-state index contributed by atoms with van der Waals surface area (Å²) in [6.45, 7) is 3.91. The van der Waals surface area contributed by atoms with Crippen LogP contribution in [0.5, 0.6) is 5.75 Å². The van der Waals surface area contributed by atoms with E-state index in [1.54, 1.807) is 6.92 Å². The lowest BCUT2D eigenvalue weighted by Crippen LogP contribution is -2.06. The predicted octanol–water partition coefficient (Wildman–Crippen LogP) is 6.53. The minimum atomic E-state index is -0.316. The Morgan fingerprint density at radius 3 is 2.63 bits per heavy atom. The molecule has 0 unspecified atom stereocenters. The van der Waals surface area contributed by atoms with E-state index in [1.165, 1.54) is 23.1 Å². The lowest BCUT2D eigenvalue weighted by molar-refractivity contribution is -0.139. The second-order valence-corrected chi connectivity index (χ2v) is 8.45. The monoisotopic (exact) mass is 437 g/mol. The largest absolute Gasteiger partial charge is 0.507 e. The number of ether oxygens (including phenoxy) is 1. The second kappa shape index (κ2) is 8.81. The fourth-order valence-corrected chi connectivity index (χ4v) is 4.84. The first kappa shape index (κ1) is 20.3. The number of fused-ring (bicyclic) bond motifs is 2. The van der Waals surface area contributed by atoms with Crippen LogP contribution in [0.4, 0.5) is 10.8 Å². The number of aromatic nitrogens is 1. The first-order valence-electron chi connectivity index (χ1n) is 9.38. The Hall–Kier alpha value is -2.97. The second-order valence-electron chi connectivity index (χ2n) is 6.45. The van der Waals surface area contributed by atoms with Gasteiger partial charge in [-0.2, -0.15) is 0 Å². The molecule has 152 valence electrons. The normalized spacial score (nSPS) is 11.5. The third kappa shape index (κ3) is 4.01. The van der Waals surface area contributed by atoms with Crippen molar-refractivity contribution in [1.82, 2.24) is 4.98 Å². The molecule has 0 atom stereocenters. The predicted molar refractivity (Wildman–Crippen MR) is 122 cm³/mol. The van der Waals surface area contributed by atoms with E-state index >= 15 is 0 Å². The van der Waals surface area contributed by atoms with Gasteiger partial charge in [0.05, 0.1) is 22.6 Å². The number of thiazole rings is 1. The minimum Gasteiger partial charge on any atom is -0.507 e. The maximum absolute atomic E-state index is 11.9. The van der Waals surface area contributed by atoms with Gasteiger partial charge in [0.25, 0.3) is 0 Å². The number of rotatable bonds is 6. The maximum atomic E-state index is 11.9. The van der Waals surface area contributed by atoms with Crippen LogP contribution in [0.25, 0.3) is 21.0 Å². The zero-order valence-corrected chi connectivity index (χ0v) is 18.1. The summed E-state index contributed by atoms with van der Waals surface area (Å²) < 4.78 is 6.08. The van der Waals surface area contributed by atoms with Gasteiger partial charge < -0.3 is 9.84 Å². The Morgan fingerprint density at radius 2 is 1.87 bits per heavy atom. The summed E-state index contributed by atoms with van der Waals surface area (Å²) in [6.07, 6.45) is 0. The highest BCUT2D eigenvalue weighted by Crippen LogP contribution is 2.45. The molecule has 4 rings (SSSR count). The Kier molecular flexibility index (Phi) is 5.96. The van der Waals surface area contributed by atoms with Gasteiger partial charge in [0.2, 0.25) is 5.13 Å². The van der Waals surface area contributed by atoms with Crippen LogP contribution in [0.1, 0.15) is 12.5 Å². The lowest BCUT2D eigenvalue weighted by atomic mass is 10.0. The number of hydrogen-bond acceptors (Lipinski definition) is 8. The number of azo groups is 1. The molecule has 6 nitrogen and oxygen atoms in total. The Balaban J connectivity index is 1.80. The molecule has 0 aliphatic rings. The van der Waals surface area contributed by atoms with Crippen molar-refractivity contribution < 1.29 is 14.6 Å². The number of phenols is 1. The van der Waals surface area contributed by atoms with Crippen LogP contribution < -0.4 is 0 Å². The van der Waals surface area contributed by atoms with Crippen molar-refractivity contribution in [3.8, 4) is 5.75 Å². The van der Waals surface area contributed by atoms with Crippen LogP contribution in [0.2, 0.25) is 0 Å². The number of carbonyl (C=O) groups is 1. The van der Waals surface area contributed by atoms with Crippen LogP contribution in [0.15, 0.2) is 63.7 Å². The number of aromatic hydroxyl groups is 1. The van der Waals surface area contributed by atoms with Crippen LogP contribution in [-0.2, 0) is 9.53 Å². The third-order valence-electron chi connectivity index (χ3n) is 4.51. The van der Waals surface area contributed by atoms with Gasteiger partial charge in [0, 0.05) is 21.2 Å². The summed E-state index contributed by atoms with van der Waals surface area (Å²) in [4.78, 5) is 17.1. The Morgan fingerprint density at radius 1 is 1.13 bits per heavy atom. The van der Waals surface area contributed by atoms with Crippen molar-refractivity contribution in [2.75, 3.05) is 12.4 Å². The van der Waals surface area contributed by atoms with Crippen molar-refractivity contribution in [3.05, 3.63) is 54.1 Å². The molecule has 30 heavy (non-hydrogen) atoms. The van der Waals surface area contributed by atoms with E-state index in [-0.39, 0.29) is 17.5 Å². The van der Waals surface area contributed by atoms with Crippen LogP contribution in [0.3, 0.4) is 0 Å². The van der Waals surface area contributed by atoms with Crippen molar-refractivity contribution in [2.24, 2.45) is 10.2 Å². The van der Waals surface area contributed by atoms with Gasteiger partial charge in [-0.05, 0) is 26.0 Å². The van der Waals surface area contributed by atoms with E-state index in [1.807, 2.05) is 55.5 Å². The van der Waals surface area contributed by atoms with Crippen LogP contribution in [-0.4, -0.2) is 28.4 Å². The lowest BCUT2D eigenvalue weighted by Gasteiger charge is -2.14. The van der Waals surface area contributed by atoms with Gasteiger partial charge in [-0.15, -0.1) is 22.0 Å². The van der Waals surface area contributed by atoms with Gasteiger partial charge in [0.1, 0.15) is 11.4 Å². The van der Waals surface area contributed by atoms with Crippen LogP contribution >= 0.6 is 23.1 Å². The SMILES string of the molecule is CCOC(=O)CSc1c(C)c(O)c2ccccc2c1N=Nc1nc2ccccc2s1. The molecule has 4 aromatic rings. The highest BCUT2D eigenvalue weighted by molar-refractivity contribution is 8.00. The zero-order chi connectivity index (χ0) is 21.1. The van der Waals surface area contributed by atoms with Gasteiger partial charge in [-0.25, -0.2) is 4.98 Å². The number of nitrogens with zero attached hydrogens (tertiary/aromatic N) is 3. The number of para-hydroxylation sites is 1. The Bertz CT molecular complexity index is 1230. The van der Waals surface area contributed by atoms with E-state index in [9.17, 15) is 9.90 Å². The molecular formula is C22H19N3O3S2. The number of phenolic OH excluding ortho intramolecular Hbond substituents is 1. The van der Waals surface area contributed by atoms with Crippen molar-refractivity contribution in [1.29, 1.82) is 0 Å². The van der Waals surface area contributed by atoms with E-state index < -0.39 is 0 Å². The summed E-state index contributed by atoms with van der Waals surface area (Å²) in [7, 11) is 0. The van der Waals surface area contributed by atoms with E-state index in [4.69, 9.17) is 4.74 Å². The first-order valence-corrected chi connectivity index (χ1v) is 11.2. The molecule has 0 aliphatic carbocycles. The molecule has 0 saturated heterocycles. The molecule has 1 N–H and O–H groups in total. The number of hydrogen-bond donors (Lipinski definition) is 1. The molecule has 3 aromatic carbocycles. The Labute approximate surface area is 181 Å². The average Bonchev–Trinajstić information content (AvgIpc) is 3.17. The fraction of sp³-hybridized carbons (Fsp3) is 0.182. The zero-order valence-electron chi connectivity index (χ0n) is 16.5. The molecule has 0 fully saturated rings. The smallest absolute Gasteiger partial charge is 0.316 e. The van der Waals surface area contributed by atoms with Crippen LogP contribution in [0, 0.1) is 6.92 Å². The van der Waals surface area contributed by atoms with Crippen molar-refractivity contribution in [3.63, 3.8) is 0 Å². The fourth-order valence-electron chi connectivity index (χ4n) is 3.11. The van der Waals surface area contributed by atoms with Gasteiger partial charge in [0.15, 0.2) is 0 Å². The molecular weight excluding hydrogens is 418 g/mol. The molecule has 0 saturated carbocycles. The number of carbonyl (C=O) groups excluding carboxylic acids is 1. The molecule has 0 aliphatic heterocycles. The van der Waals surface area contributed by atoms with E-state index in [2.05, 4.69) is 15.2 Å². The molecule has 1 aromatic heterocycles. The third-order valence-corrected chi connectivity index (χ3v) is 6.59. The standard InChI is InChI=1S/C22H19N3O3S2/c1-3-28-18(26)12-29-21-13(2)20(27)15-9-5-4-8-14(15)19(21)24-25-22-23-16-10-6-7-11-17(16)30-22/h4-11,27H,3,12H2,1-2H3. The van der Waals surface area contributed by atoms with E-state index in [0.29, 0.717) is 33.3 Å². The van der Waals surface area contributed by atoms with Gasteiger partial charge >= 0.3 is 5.97 Å². The summed E-state index contributed by atoms with van der Waals surface area (Å²) in [5.41, 5.74) is 2.14. The minimum absolute atomic E-state index is 0.121. The first-order chi connectivity index (χ1) is 14.6. The highest BCUT2D eigenvalue weighted by Gasteiger charge is 2.18.